The van der Waals surface area contributed by atoms with Crippen LogP contribution in [0, 0.1) is 17.8 Å². The molecule has 0 rings (SSSR count). The van der Waals surface area contributed by atoms with Crippen molar-refractivity contribution in [3.8, 4) is 0 Å². The van der Waals surface area contributed by atoms with Crippen LogP contribution in [0.3, 0.4) is 0 Å². The van der Waals surface area contributed by atoms with Gasteiger partial charge in [0, 0.05) is 12.0 Å². The molecule has 0 heterocycles. The summed E-state index contributed by atoms with van der Waals surface area (Å²) in [6, 6.07) is 0.252. The van der Waals surface area contributed by atoms with Crippen LogP contribution in [-0.4, -0.2) is 11.9 Å². The lowest BCUT2D eigenvalue weighted by molar-refractivity contribution is -0.126. The van der Waals surface area contributed by atoms with Gasteiger partial charge in [0.1, 0.15) is 0 Å². The van der Waals surface area contributed by atoms with E-state index >= 15 is 0 Å². The van der Waals surface area contributed by atoms with Crippen LogP contribution in [0.4, 0.5) is 0 Å². The third-order valence-corrected chi connectivity index (χ3v) is 4.87. The van der Waals surface area contributed by atoms with Crippen molar-refractivity contribution in [2.24, 2.45) is 17.8 Å². The van der Waals surface area contributed by atoms with Crippen LogP contribution in [-0.2, 0) is 4.79 Å². The van der Waals surface area contributed by atoms with Gasteiger partial charge in [-0.05, 0) is 44.9 Å². The van der Waals surface area contributed by atoms with Crippen LogP contribution in [0.5, 0.6) is 0 Å². The number of carbonyl (C=O) groups excluding carboxylic acids is 1. The Morgan fingerprint density at radius 3 is 1.78 bits per heavy atom. The van der Waals surface area contributed by atoms with Gasteiger partial charge in [0.25, 0.3) is 0 Å². The van der Waals surface area contributed by atoms with Gasteiger partial charge >= 0.3 is 0 Å². The first-order valence-electron chi connectivity index (χ1n) is 10.2. The molecule has 3 atom stereocenters. The predicted octanol–water partition coefficient (Wildman–Crippen LogP) is 6.34. The third-order valence-electron chi connectivity index (χ3n) is 4.87. The highest BCUT2D eigenvalue weighted by Crippen LogP contribution is 2.23. The van der Waals surface area contributed by atoms with Crippen LogP contribution in [0.25, 0.3) is 0 Å². The largest absolute Gasteiger partial charge is 0.354 e. The summed E-state index contributed by atoms with van der Waals surface area (Å²) in [5, 5.41) is 3.13. The van der Waals surface area contributed by atoms with Crippen molar-refractivity contribution in [2.45, 2.75) is 112 Å². The maximum Gasteiger partial charge on any atom is 0.223 e. The minimum absolute atomic E-state index is 0.221. The molecule has 0 saturated carbocycles. The Morgan fingerprint density at radius 1 is 0.739 bits per heavy atom. The third kappa shape index (κ3) is 12.5. The maximum absolute atomic E-state index is 12.4. The summed E-state index contributed by atoms with van der Waals surface area (Å²) in [5.41, 5.74) is 0. The minimum atomic E-state index is 0.221. The summed E-state index contributed by atoms with van der Waals surface area (Å²) in [6.07, 6.45) is 12.3. The molecular formula is C21H43NO. The Labute approximate surface area is 146 Å². The number of hydrogen-bond donors (Lipinski definition) is 1. The van der Waals surface area contributed by atoms with Gasteiger partial charge in [-0.15, -0.1) is 0 Å². The van der Waals surface area contributed by atoms with Crippen molar-refractivity contribution < 1.29 is 4.79 Å². The summed E-state index contributed by atoms with van der Waals surface area (Å²) >= 11 is 0. The van der Waals surface area contributed by atoms with Gasteiger partial charge < -0.3 is 5.32 Å². The maximum atomic E-state index is 12.4. The van der Waals surface area contributed by atoms with Crippen LogP contribution < -0.4 is 5.32 Å². The van der Waals surface area contributed by atoms with Crippen molar-refractivity contribution in [1.29, 1.82) is 0 Å². The number of rotatable bonds is 14. The summed E-state index contributed by atoms with van der Waals surface area (Å²) in [4.78, 5) is 12.4. The molecular weight excluding hydrogens is 282 g/mol. The van der Waals surface area contributed by atoms with Crippen LogP contribution in [0.2, 0.25) is 0 Å². The molecule has 1 amide bonds. The Morgan fingerprint density at radius 2 is 1.26 bits per heavy atom. The van der Waals surface area contributed by atoms with Gasteiger partial charge in [-0.1, -0.05) is 72.6 Å². The highest BCUT2D eigenvalue weighted by molar-refractivity contribution is 5.78. The van der Waals surface area contributed by atoms with Gasteiger partial charge in [0.2, 0.25) is 5.91 Å². The van der Waals surface area contributed by atoms with Gasteiger partial charge in [0.15, 0.2) is 0 Å². The summed E-state index contributed by atoms with van der Waals surface area (Å²) in [5.74, 6) is 2.09. The molecule has 0 aliphatic carbocycles. The fourth-order valence-electron chi connectivity index (χ4n) is 3.45. The lowest BCUT2D eigenvalue weighted by atomic mass is 9.89. The minimum Gasteiger partial charge on any atom is -0.354 e. The standard InChI is InChI=1S/C21H43NO/c1-7-11-18(5)13-9-10-14-20(21(23)22-17(3)4)16-15-19(6)12-8-2/h17-20H,7-16H2,1-6H3,(H,22,23). The van der Waals surface area contributed by atoms with E-state index in [2.05, 4.69) is 46.9 Å². The second-order valence-electron chi connectivity index (χ2n) is 8.01. The summed E-state index contributed by atoms with van der Waals surface area (Å²) < 4.78 is 0. The number of unbranched alkanes of at least 4 members (excludes halogenated alkanes) is 1. The predicted molar refractivity (Wildman–Crippen MR) is 103 cm³/mol. The molecule has 138 valence electrons. The first-order valence-corrected chi connectivity index (χ1v) is 10.2. The molecule has 0 radical (unpaired) electrons. The van der Waals surface area contributed by atoms with E-state index in [1.54, 1.807) is 0 Å². The van der Waals surface area contributed by atoms with E-state index in [-0.39, 0.29) is 17.9 Å². The molecule has 0 aliphatic rings. The van der Waals surface area contributed by atoms with Gasteiger partial charge in [-0.25, -0.2) is 0 Å². The van der Waals surface area contributed by atoms with Crippen LogP contribution >= 0.6 is 0 Å². The monoisotopic (exact) mass is 325 g/mol. The van der Waals surface area contributed by atoms with E-state index in [1.165, 1.54) is 51.4 Å². The molecule has 2 nitrogen and oxygen atoms in total. The zero-order valence-electron chi connectivity index (χ0n) is 16.8. The molecule has 0 bridgehead atoms. The molecule has 3 unspecified atom stereocenters. The topological polar surface area (TPSA) is 29.1 Å². The molecule has 2 heteroatoms. The van der Waals surface area contributed by atoms with Crippen molar-refractivity contribution in [1.82, 2.24) is 5.32 Å². The van der Waals surface area contributed by atoms with E-state index in [9.17, 15) is 4.79 Å². The zero-order valence-corrected chi connectivity index (χ0v) is 16.8. The number of carbonyl (C=O) groups is 1. The van der Waals surface area contributed by atoms with Gasteiger partial charge in [0.05, 0.1) is 0 Å². The lowest BCUT2D eigenvalue weighted by Gasteiger charge is -2.20. The highest BCUT2D eigenvalue weighted by atomic mass is 16.1. The van der Waals surface area contributed by atoms with E-state index < -0.39 is 0 Å². The Kier molecular flexibility index (Phi) is 13.5. The summed E-state index contributed by atoms with van der Waals surface area (Å²) in [6.45, 7) is 13.3. The Bertz CT molecular complexity index is 288. The quantitative estimate of drug-likeness (QED) is 0.371. The second kappa shape index (κ2) is 13.9. The van der Waals surface area contributed by atoms with Crippen molar-refractivity contribution in [2.75, 3.05) is 0 Å². The molecule has 0 aromatic heterocycles. The number of nitrogens with one attached hydrogen (secondary N) is 1. The van der Waals surface area contributed by atoms with E-state index in [0.29, 0.717) is 0 Å². The smallest absolute Gasteiger partial charge is 0.223 e. The highest BCUT2D eigenvalue weighted by Gasteiger charge is 2.19. The average molecular weight is 326 g/mol. The molecule has 0 aromatic rings. The summed E-state index contributed by atoms with van der Waals surface area (Å²) in [7, 11) is 0. The molecule has 0 aromatic carbocycles. The fraction of sp³-hybridized carbons (Fsp3) is 0.952. The fourth-order valence-corrected chi connectivity index (χ4v) is 3.45. The van der Waals surface area contributed by atoms with Crippen molar-refractivity contribution in [3.05, 3.63) is 0 Å². The van der Waals surface area contributed by atoms with E-state index in [1.807, 2.05) is 0 Å². The van der Waals surface area contributed by atoms with Crippen LogP contribution in [0.15, 0.2) is 0 Å². The lowest BCUT2D eigenvalue weighted by Crippen LogP contribution is -2.35. The SMILES string of the molecule is CCCC(C)CCCCC(CCC(C)CCC)C(=O)NC(C)C. The van der Waals surface area contributed by atoms with Crippen LogP contribution in [0.1, 0.15) is 106 Å². The van der Waals surface area contributed by atoms with E-state index in [0.717, 1.165) is 24.7 Å². The second-order valence-corrected chi connectivity index (χ2v) is 8.01. The molecule has 1 N–H and O–H groups in total. The molecule has 0 aliphatic heterocycles. The normalized spacial score (nSPS) is 15.4. The van der Waals surface area contributed by atoms with Gasteiger partial charge in [-0.2, -0.15) is 0 Å². The first kappa shape index (κ1) is 22.5. The zero-order chi connectivity index (χ0) is 17.7. The molecule has 0 fully saturated rings. The molecule has 0 saturated heterocycles. The van der Waals surface area contributed by atoms with E-state index in [4.69, 9.17) is 0 Å². The Hall–Kier alpha value is -0.530. The van der Waals surface area contributed by atoms with Crippen molar-refractivity contribution in [3.63, 3.8) is 0 Å². The van der Waals surface area contributed by atoms with Crippen molar-refractivity contribution >= 4 is 5.91 Å². The first-order chi connectivity index (χ1) is 10.9. The number of hydrogen-bond acceptors (Lipinski definition) is 1. The Balaban J connectivity index is 4.23. The van der Waals surface area contributed by atoms with Gasteiger partial charge in [-0.3, -0.25) is 4.79 Å². The average Bonchev–Trinajstić information content (AvgIpc) is 2.46. The molecule has 0 spiro atoms. The molecule has 23 heavy (non-hydrogen) atoms. The number of amides is 1.